The predicted molar refractivity (Wildman–Crippen MR) is 125 cm³/mol. The summed E-state index contributed by atoms with van der Waals surface area (Å²) in [6.45, 7) is 4.45. The zero-order valence-electron chi connectivity index (χ0n) is 19.8. The minimum Gasteiger partial charge on any atom is -0.465 e. The van der Waals surface area contributed by atoms with Gasteiger partial charge in [0.15, 0.2) is 0 Å². The summed E-state index contributed by atoms with van der Waals surface area (Å²) in [6.07, 6.45) is 3.81. The highest BCUT2D eigenvalue weighted by Gasteiger charge is 2.25. The monoisotopic (exact) mass is 467 g/mol. The van der Waals surface area contributed by atoms with Gasteiger partial charge in [-0.25, -0.2) is 14.2 Å². The Morgan fingerprint density at radius 2 is 1.76 bits per heavy atom. The maximum atomic E-state index is 13.2. The fraction of sp³-hybridized carbons (Fsp3) is 0.407. The lowest BCUT2D eigenvalue weighted by atomic mass is 9.94. The topological polar surface area (TPSA) is 70.8 Å². The SMILES string of the molecule is COC(=O)c1c(C)cccc1COC1CCCC(OCc2nc(-c3ccc(F)cc3)oc2C)C1. The van der Waals surface area contributed by atoms with Gasteiger partial charge in [0.2, 0.25) is 5.89 Å². The maximum Gasteiger partial charge on any atom is 0.338 e. The highest BCUT2D eigenvalue weighted by Crippen LogP contribution is 2.28. The molecule has 1 aromatic heterocycles. The molecule has 0 N–H and O–H groups in total. The van der Waals surface area contributed by atoms with Crippen molar-refractivity contribution in [1.82, 2.24) is 4.98 Å². The summed E-state index contributed by atoms with van der Waals surface area (Å²) in [4.78, 5) is 16.7. The summed E-state index contributed by atoms with van der Waals surface area (Å²) in [7, 11) is 1.39. The number of carbonyl (C=O) groups excluding carboxylic acids is 1. The highest BCUT2D eigenvalue weighted by molar-refractivity contribution is 5.92. The van der Waals surface area contributed by atoms with E-state index in [1.165, 1.54) is 19.2 Å². The van der Waals surface area contributed by atoms with Gasteiger partial charge in [-0.1, -0.05) is 18.2 Å². The van der Waals surface area contributed by atoms with Gasteiger partial charge in [0.05, 0.1) is 38.1 Å². The smallest absolute Gasteiger partial charge is 0.338 e. The Bertz CT molecular complexity index is 1120. The van der Waals surface area contributed by atoms with Crippen molar-refractivity contribution in [1.29, 1.82) is 0 Å². The molecule has 1 heterocycles. The zero-order chi connectivity index (χ0) is 24.1. The average molecular weight is 468 g/mol. The van der Waals surface area contributed by atoms with Crippen molar-refractivity contribution in [3.8, 4) is 11.5 Å². The quantitative estimate of drug-likeness (QED) is 0.383. The van der Waals surface area contributed by atoms with Crippen LogP contribution >= 0.6 is 0 Å². The number of oxazole rings is 1. The van der Waals surface area contributed by atoms with Crippen LogP contribution in [0.5, 0.6) is 0 Å². The van der Waals surface area contributed by atoms with E-state index in [-0.39, 0.29) is 24.0 Å². The third-order valence-electron chi connectivity index (χ3n) is 6.24. The summed E-state index contributed by atoms with van der Waals surface area (Å²) >= 11 is 0. The Labute approximate surface area is 199 Å². The van der Waals surface area contributed by atoms with Crippen LogP contribution in [-0.2, 0) is 27.4 Å². The van der Waals surface area contributed by atoms with Gasteiger partial charge in [-0.3, -0.25) is 0 Å². The maximum absolute atomic E-state index is 13.2. The number of ether oxygens (including phenoxy) is 3. The lowest BCUT2D eigenvalue weighted by molar-refractivity contribution is -0.0564. The van der Waals surface area contributed by atoms with Gasteiger partial charge in [0.1, 0.15) is 17.3 Å². The lowest BCUT2D eigenvalue weighted by Crippen LogP contribution is -2.28. The number of methoxy groups -OCH3 is 1. The van der Waals surface area contributed by atoms with Crippen LogP contribution in [0.15, 0.2) is 46.9 Å². The van der Waals surface area contributed by atoms with Gasteiger partial charge in [-0.15, -0.1) is 0 Å². The van der Waals surface area contributed by atoms with Crippen molar-refractivity contribution in [3.05, 3.63) is 76.4 Å². The van der Waals surface area contributed by atoms with Gasteiger partial charge < -0.3 is 18.6 Å². The first-order valence-electron chi connectivity index (χ1n) is 11.6. The molecule has 3 aromatic rings. The number of rotatable bonds is 8. The molecule has 1 saturated carbocycles. The van der Waals surface area contributed by atoms with Crippen molar-refractivity contribution >= 4 is 5.97 Å². The average Bonchev–Trinajstić information content (AvgIpc) is 3.22. The molecule has 0 amide bonds. The highest BCUT2D eigenvalue weighted by atomic mass is 19.1. The largest absolute Gasteiger partial charge is 0.465 e. The number of aromatic nitrogens is 1. The van der Waals surface area contributed by atoms with Crippen LogP contribution in [0.25, 0.3) is 11.5 Å². The molecule has 2 unspecified atom stereocenters. The van der Waals surface area contributed by atoms with Crippen LogP contribution < -0.4 is 0 Å². The molecule has 0 saturated heterocycles. The van der Waals surface area contributed by atoms with E-state index in [0.29, 0.717) is 30.4 Å². The third-order valence-corrected chi connectivity index (χ3v) is 6.24. The molecular formula is C27H30FNO5. The van der Waals surface area contributed by atoms with E-state index in [9.17, 15) is 9.18 Å². The van der Waals surface area contributed by atoms with E-state index in [0.717, 1.165) is 48.1 Å². The van der Waals surface area contributed by atoms with Crippen LogP contribution in [0.3, 0.4) is 0 Å². The fourth-order valence-electron chi connectivity index (χ4n) is 4.33. The van der Waals surface area contributed by atoms with Crippen molar-refractivity contribution in [2.45, 2.75) is 65.0 Å². The van der Waals surface area contributed by atoms with Gasteiger partial charge >= 0.3 is 5.97 Å². The van der Waals surface area contributed by atoms with Crippen LogP contribution in [0.2, 0.25) is 0 Å². The van der Waals surface area contributed by atoms with E-state index in [2.05, 4.69) is 4.98 Å². The molecule has 0 aliphatic heterocycles. The molecule has 34 heavy (non-hydrogen) atoms. The van der Waals surface area contributed by atoms with Gasteiger partial charge in [-0.2, -0.15) is 0 Å². The third kappa shape index (κ3) is 5.72. The summed E-state index contributed by atoms with van der Waals surface area (Å²) in [5.41, 5.74) is 3.75. The summed E-state index contributed by atoms with van der Waals surface area (Å²) in [5.74, 6) is 0.511. The fourth-order valence-corrected chi connectivity index (χ4v) is 4.33. The number of benzene rings is 2. The number of aryl methyl sites for hydroxylation is 2. The molecule has 1 aliphatic carbocycles. The first-order chi connectivity index (χ1) is 16.4. The molecule has 1 fully saturated rings. The van der Waals surface area contributed by atoms with E-state index in [4.69, 9.17) is 18.6 Å². The lowest BCUT2D eigenvalue weighted by Gasteiger charge is -2.29. The van der Waals surface area contributed by atoms with Crippen molar-refractivity contribution in [2.75, 3.05) is 7.11 Å². The Morgan fingerprint density at radius 3 is 2.47 bits per heavy atom. The number of nitrogens with zero attached hydrogens (tertiary/aromatic N) is 1. The minimum absolute atomic E-state index is 0.0536. The Morgan fingerprint density at radius 1 is 1.06 bits per heavy atom. The summed E-state index contributed by atoms with van der Waals surface area (Å²) < 4.78 is 36.2. The number of carbonyl (C=O) groups is 1. The second-order valence-electron chi connectivity index (χ2n) is 8.66. The molecule has 1 aliphatic rings. The molecule has 4 rings (SSSR count). The summed E-state index contributed by atoms with van der Waals surface area (Å²) in [6, 6.07) is 11.8. The Kier molecular flexibility index (Phi) is 7.75. The predicted octanol–water partition coefficient (Wildman–Crippen LogP) is 5.93. The molecule has 2 atom stereocenters. The first kappa shape index (κ1) is 24.1. The number of halogens is 1. The second-order valence-corrected chi connectivity index (χ2v) is 8.66. The van der Waals surface area contributed by atoms with Crippen molar-refractivity contribution < 1.29 is 27.8 Å². The molecule has 7 heteroatoms. The van der Waals surface area contributed by atoms with E-state index < -0.39 is 0 Å². The second kappa shape index (κ2) is 10.9. The normalized spacial score (nSPS) is 18.1. The Balaban J connectivity index is 1.33. The Hall–Kier alpha value is -3.03. The van der Waals surface area contributed by atoms with Crippen LogP contribution in [-0.4, -0.2) is 30.3 Å². The molecule has 2 aromatic carbocycles. The number of hydrogen-bond acceptors (Lipinski definition) is 6. The van der Waals surface area contributed by atoms with Gasteiger partial charge in [0, 0.05) is 5.56 Å². The number of esters is 1. The molecule has 0 bridgehead atoms. The van der Waals surface area contributed by atoms with E-state index in [1.807, 2.05) is 32.0 Å². The van der Waals surface area contributed by atoms with Crippen molar-refractivity contribution in [3.63, 3.8) is 0 Å². The minimum atomic E-state index is -0.343. The molecule has 6 nitrogen and oxygen atoms in total. The molecule has 0 radical (unpaired) electrons. The molecular weight excluding hydrogens is 437 g/mol. The summed E-state index contributed by atoms with van der Waals surface area (Å²) in [5, 5.41) is 0. The molecule has 180 valence electrons. The van der Waals surface area contributed by atoms with E-state index in [1.54, 1.807) is 12.1 Å². The van der Waals surface area contributed by atoms with E-state index >= 15 is 0 Å². The van der Waals surface area contributed by atoms with Gasteiger partial charge in [-0.05, 0) is 74.9 Å². The standard InChI is InChI=1S/C27H30FNO5/c1-17-6-4-7-20(25(17)27(30)31-3)15-32-22-8-5-9-23(14-22)33-16-24-18(2)34-26(29-24)19-10-12-21(28)13-11-19/h4,6-7,10-13,22-23H,5,8-9,14-16H2,1-3H3. The van der Waals surface area contributed by atoms with Gasteiger partial charge in [0.25, 0.3) is 0 Å². The first-order valence-corrected chi connectivity index (χ1v) is 11.6. The zero-order valence-corrected chi connectivity index (χ0v) is 19.8. The van der Waals surface area contributed by atoms with Crippen molar-refractivity contribution in [2.24, 2.45) is 0 Å². The molecule has 0 spiro atoms. The van der Waals surface area contributed by atoms with Crippen LogP contribution in [0.4, 0.5) is 4.39 Å². The number of hydrogen-bond donors (Lipinski definition) is 0. The van der Waals surface area contributed by atoms with Crippen LogP contribution in [0.1, 0.15) is 58.6 Å². The van der Waals surface area contributed by atoms with Crippen LogP contribution in [0, 0.1) is 19.7 Å².